The highest BCUT2D eigenvalue weighted by atomic mass is 16.3. The van der Waals surface area contributed by atoms with Crippen LogP contribution in [0.4, 0.5) is 5.69 Å². The van der Waals surface area contributed by atoms with Crippen molar-refractivity contribution in [2.75, 3.05) is 5.32 Å². The highest BCUT2D eigenvalue weighted by Gasteiger charge is 2.19. The fourth-order valence-electron chi connectivity index (χ4n) is 2.80. The summed E-state index contributed by atoms with van der Waals surface area (Å²) in [4.78, 5) is 16.9. The lowest BCUT2D eigenvalue weighted by Crippen LogP contribution is -2.14. The normalized spacial score (nSPS) is 10.7. The summed E-state index contributed by atoms with van der Waals surface area (Å²) in [6.45, 7) is 1.95. The Morgan fingerprint density at radius 2 is 1.81 bits per heavy atom. The van der Waals surface area contributed by atoms with Gasteiger partial charge >= 0.3 is 0 Å². The number of rotatable bonds is 4. The number of aryl methyl sites for hydroxylation is 1. The number of oxazole rings is 1. The van der Waals surface area contributed by atoms with E-state index in [1.165, 1.54) is 6.39 Å². The molecular weight excluding hydrogens is 326 g/mol. The predicted molar refractivity (Wildman–Crippen MR) is 100 cm³/mol. The molecule has 2 aromatic carbocycles. The van der Waals surface area contributed by atoms with Crippen molar-refractivity contribution < 1.29 is 9.21 Å². The van der Waals surface area contributed by atoms with E-state index >= 15 is 0 Å². The summed E-state index contributed by atoms with van der Waals surface area (Å²) in [5, 5.41) is 2.95. The first kappa shape index (κ1) is 15.9. The molecule has 0 atom stereocenters. The van der Waals surface area contributed by atoms with Gasteiger partial charge in [-0.05, 0) is 36.8 Å². The molecular formula is C21H17N3O2. The molecule has 4 rings (SSSR count). The Morgan fingerprint density at radius 1 is 1.04 bits per heavy atom. The minimum atomic E-state index is -0.301. The highest BCUT2D eigenvalue weighted by molar-refractivity contribution is 6.06. The first-order valence-electron chi connectivity index (χ1n) is 8.26. The number of amides is 1. The Kier molecular flexibility index (Phi) is 4.11. The number of anilines is 1. The van der Waals surface area contributed by atoms with Crippen LogP contribution in [0.25, 0.3) is 17.0 Å². The fraction of sp³-hybridized carbons (Fsp3) is 0.0476. The number of benzene rings is 2. The van der Waals surface area contributed by atoms with Gasteiger partial charge in [0.2, 0.25) is 0 Å². The van der Waals surface area contributed by atoms with E-state index in [9.17, 15) is 4.79 Å². The monoisotopic (exact) mass is 343 g/mol. The van der Waals surface area contributed by atoms with Gasteiger partial charge in [0.1, 0.15) is 0 Å². The highest BCUT2D eigenvalue weighted by Crippen LogP contribution is 2.25. The molecule has 0 spiro atoms. The van der Waals surface area contributed by atoms with Gasteiger partial charge in [-0.25, -0.2) is 4.98 Å². The van der Waals surface area contributed by atoms with E-state index in [0.29, 0.717) is 5.76 Å². The summed E-state index contributed by atoms with van der Waals surface area (Å²) in [7, 11) is 0. The molecule has 0 bridgehead atoms. The zero-order valence-corrected chi connectivity index (χ0v) is 14.2. The predicted octanol–water partition coefficient (Wildman–Crippen LogP) is 4.69. The van der Waals surface area contributed by atoms with Gasteiger partial charge in [0.25, 0.3) is 5.91 Å². The van der Waals surface area contributed by atoms with Crippen LogP contribution in [0.5, 0.6) is 0 Å². The standard InChI is InChI=1S/C21H17N3O2/c1-15-9-10-17(24-11-5-6-12-24)13-18(15)23-21(25)19-20(26-14-22-19)16-7-3-2-4-8-16/h2-14H,1H3,(H,23,25). The molecule has 1 N–H and O–H groups in total. The van der Waals surface area contributed by atoms with E-state index in [1.54, 1.807) is 0 Å². The molecule has 0 fully saturated rings. The maximum atomic E-state index is 12.8. The molecule has 0 saturated carbocycles. The zero-order valence-electron chi connectivity index (χ0n) is 14.2. The zero-order chi connectivity index (χ0) is 17.9. The molecule has 5 heteroatoms. The van der Waals surface area contributed by atoms with Crippen molar-refractivity contribution in [3.8, 4) is 17.0 Å². The smallest absolute Gasteiger partial charge is 0.278 e. The second-order valence-electron chi connectivity index (χ2n) is 5.94. The quantitative estimate of drug-likeness (QED) is 0.584. The van der Waals surface area contributed by atoms with Crippen LogP contribution in [0.3, 0.4) is 0 Å². The Labute approximate surface area is 150 Å². The van der Waals surface area contributed by atoms with Gasteiger partial charge in [-0.3, -0.25) is 4.79 Å². The van der Waals surface area contributed by atoms with Gasteiger partial charge in [-0.15, -0.1) is 0 Å². The molecule has 0 unspecified atom stereocenters. The summed E-state index contributed by atoms with van der Waals surface area (Å²) in [5.41, 5.74) is 3.76. The third-order valence-electron chi connectivity index (χ3n) is 4.19. The SMILES string of the molecule is Cc1ccc(-n2cccc2)cc1NC(=O)c1ncoc1-c1ccccc1. The number of hydrogen-bond acceptors (Lipinski definition) is 3. The molecule has 0 radical (unpaired) electrons. The molecule has 1 amide bonds. The van der Waals surface area contributed by atoms with Crippen LogP contribution in [0, 0.1) is 6.92 Å². The molecule has 2 heterocycles. The number of carbonyl (C=O) groups excluding carboxylic acids is 1. The Balaban J connectivity index is 1.64. The second kappa shape index (κ2) is 6.72. The molecule has 0 saturated heterocycles. The Morgan fingerprint density at radius 3 is 2.58 bits per heavy atom. The van der Waals surface area contributed by atoms with Crippen molar-refractivity contribution in [1.82, 2.24) is 9.55 Å². The molecule has 0 aliphatic heterocycles. The largest absolute Gasteiger partial charge is 0.443 e. The molecule has 0 aliphatic rings. The van der Waals surface area contributed by atoms with E-state index in [4.69, 9.17) is 4.42 Å². The maximum Gasteiger partial charge on any atom is 0.278 e. The lowest BCUT2D eigenvalue weighted by molar-refractivity contribution is 0.102. The minimum absolute atomic E-state index is 0.266. The average Bonchev–Trinajstić information content (AvgIpc) is 3.36. The van der Waals surface area contributed by atoms with Crippen molar-refractivity contribution in [1.29, 1.82) is 0 Å². The number of carbonyl (C=O) groups is 1. The van der Waals surface area contributed by atoms with Gasteiger partial charge in [0.05, 0.1) is 0 Å². The molecule has 128 valence electrons. The summed E-state index contributed by atoms with van der Waals surface area (Å²) in [5.74, 6) is 0.160. The van der Waals surface area contributed by atoms with E-state index in [0.717, 1.165) is 22.5 Å². The van der Waals surface area contributed by atoms with Gasteiger partial charge in [0, 0.05) is 29.3 Å². The van der Waals surface area contributed by atoms with Gasteiger partial charge in [0.15, 0.2) is 17.8 Å². The van der Waals surface area contributed by atoms with E-state index < -0.39 is 0 Å². The van der Waals surface area contributed by atoms with Crippen molar-refractivity contribution in [2.24, 2.45) is 0 Å². The Hall–Kier alpha value is -3.60. The van der Waals surface area contributed by atoms with Crippen LogP contribution < -0.4 is 5.32 Å². The molecule has 5 nitrogen and oxygen atoms in total. The van der Waals surface area contributed by atoms with Gasteiger partial charge in [-0.2, -0.15) is 0 Å². The van der Waals surface area contributed by atoms with Crippen molar-refractivity contribution in [3.05, 3.63) is 90.7 Å². The molecule has 4 aromatic rings. The summed E-state index contributed by atoms with van der Waals surface area (Å²) >= 11 is 0. The fourth-order valence-corrected chi connectivity index (χ4v) is 2.80. The van der Waals surface area contributed by atoms with E-state index in [1.807, 2.05) is 84.5 Å². The van der Waals surface area contributed by atoms with Gasteiger partial charge in [-0.1, -0.05) is 36.4 Å². The lowest BCUT2D eigenvalue weighted by atomic mass is 10.1. The van der Waals surface area contributed by atoms with Crippen molar-refractivity contribution in [2.45, 2.75) is 6.92 Å². The first-order valence-corrected chi connectivity index (χ1v) is 8.26. The summed E-state index contributed by atoms with van der Waals surface area (Å²) < 4.78 is 7.43. The third kappa shape index (κ3) is 3.02. The number of hydrogen-bond donors (Lipinski definition) is 1. The number of nitrogens with one attached hydrogen (secondary N) is 1. The van der Waals surface area contributed by atoms with Crippen LogP contribution >= 0.6 is 0 Å². The summed E-state index contributed by atoms with van der Waals surface area (Å²) in [6, 6.07) is 19.3. The van der Waals surface area contributed by atoms with E-state index in [2.05, 4.69) is 10.3 Å². The van der Waals surface area contributed by atoms with E-state index in [-0.39, 0.29) is 11.6 Å². The minimum Gasteiger partial charge on any atom is -0.443 e. The summed E-state index contributed by atoms with van der Waals surface area (Å²) in [6.07, 6.45) is 5.21. The molecule has 26 heavy (non-hydrogen) atoms. The van der Waals surface area contributed by atoms with Crippen LogP contribution in [0.15, 0.2) is 83.9 Å². The van der Waals surface area contributed by atoms with Crippen LogP contribution in [-0.2, 0) is 0 Å². The third-order valence-corrected chi connectivity index (χ3v) is 4.19. The van der Waals surface area contributed by atoms with Crippen LogP contribution in [0.2, 0.25) is 0 Å². The second-order valence-corrected chi connectivity index (χ2v) is 5.94. The van der Waals surface area contributed by atoms with Crippen LogP contribution in [-0.4, -0.2) is 15.5 Å². The maximum absolute atomic E-state index is 12.8. The Bertz CT molecular complexity index is 1030. The van der Waals surface area contributed by atoms with Crippen LogP contribution in [0.1, 0.15) is 16.1 Å². The average molecular weight is 343 g/mol. The molecule has 0 aliphatic carbocycles. The van der Waals surface area contributed by atoms with Crippen molar-refractivity contribution in [3.63, 3.8) is 0 Å². The number of nitrogens with zero attached hydrogens (tertiary/aromatic N) is 2. The topological polar surface area (TPSA) is 60.1 Å². The number of aromatic nitrogens is 2. The van der Waals surface area contributed by atoms with Gasteiger partial charge < -0.3 is 14.3 Å². The van der Waals surface area contributed by atoms with Crippen molar-refractivity contribution >= 4 is 11.6 Å². The lowest BCUT2D eigenvalue weighted by Gasteiger charge is -2.11. The first-order chi connectivity index (χ1) is 12.7. The molecule has 2 aromatic heterocycles.